The number of nitrogens with zero attached hydrogens (tertiary/aromatic N) is 1. The molecule has 0 aromatic heterocycles. The van der Waals surface area contributed by atoms with Gasteiger partial charge in [-0.05, 0) is 24.6 Å². The van der Waals surface area contributed by atoms with Crippen LogP contribution in [-0.2, 0) is 10.0 Å². The van der Waals surface area contributed by atoms with E-state index in [1.807, 2.05) is 13.0 Å². The lowest BCUT2D eigenvalue weighted by Crippen LogP contribution is -2.32. The van der Waals surface area contributed by atoms with Gasteiger partial charge >= 0.3 is 0 Å². The predicted molar refractivity (Wildman–Crippen MR) is 67.3 cm³/mol. The van der Waals surface area contributed by atoms with Crippen molar-refractivity contribution >= 4 is 10.0 Å². The van der Waals surface area contributed by atoms with Gasteiger partial charge in [0, 0.05) is 6.54 Å². The van der Waals surface area contributed by atoms with Crippen LogP contribution in [0.1, 0.15) is 25.3 Å². The fourth-order valence-corrected chi connectivity index (χ4v) is 2.58. The van der Waals surface area contributed by atoms with Crippen LogP contribution in [0.4, 0.5) is 0 Å². The second kappa shape index (κ2) is 6.50. The van der Waals surface area contributed by atoms with E-state index in [2.05, 4.69) is 4.72 Å². The van der Waals surface area contributed by atoms with Gasteiger partial charge in [0.1, 0.15) is 0 Å². The normalized spacial score (nSPS) is 12.9. The van der Waals surface area contributed by atoms with Crippen LogP contribution < -0.4 is 4.72 Å². The van der Waals surface area contributed by atoms with Crippen LogP contribution in [-0.4, -0.2) is 26.2 Å². The molecule has 1 aromatic rings. The van der Waals surface area contributed by atoms with Crippen molar-refractivity contribution in [2.24, 2.45) is 0 Å². The minimum absolute atomic E-state index is 0.0209. The molecule has 0 aliphatic rings. The number of hydrogen-bond acceptors (Lipinski definition) is 4. The smallest absolute Gasteiger partial charge is 0.240 e. The highest BCUT2D eigenvalue weighted by atomic mass is 32.2. The van der Waals surface area contributed by atoms with E-state index in [9.17, 15) is 13.5 Å². The molecule has 0 aliphatic carbocycles. The molecule has 0 spiro atoms. The minimum Gasteiger partial charge on any atom is -0.392 e. The Morgan fingerprint density at radius 3 is 2.83 bits per heavy atom. The highest BCUT2D eigenvalue weighted by molar-refractivity contribution is 7.89. The summed E-state index contributed by atoms with van der Waals surface area (Å²) in [5, 5.41) is 18.2. The number of rotatable bonds is 6. The van der Waals surface area contributed by atoms with Gasteiger partial charge < -0.3 is 5.11 Å². The second-order valence-corrected chi connectivity index (χ2v) is 5.70. The summed E-state index contributed by atoms with van der Waals surface area (Å²) >= 11 is 0. The van der Waals surface area contributed by atoms with E-state index in [0.717, 1.165) is 6.42 Å². The molecule has 6 heteroatoms. The third kappa shape index (κ3) is 4.11. The molecule has 0 amide bonds. The molecule has 0 saturated heterocycles. The molecule has 98 valence electrons. The number of nitrogens with one attached hydrogen (secondary N) is 1. The molecule has 1 unspecified atom stereocenters. The summed E-state index contributed by atoms with van der Waals surface area (Å²) in [5.41, 5.74) is 0.284. The summed E-state index contributed by atoms with van der Waals surface area (Å²) in [4.78, 5) is 0.0326. The Morgan fingerprint density at radius 1 is 1.50 bits per heavy atom. The first kappa shape index (κ1) is 14.6. The summed E-state index contributed by atoms with van der Waals surface area (Å²) in [6.07, 6.45) is 0.636. The monoisotopic (exact) mass is 268 g/mol. The Bertz CT molecular complexity index is 534. The Balaban J connectivity index is 2.77. The fourth-order valence-electron chi connectivity index (χ4n) is 1.46. The van der Waals surface area contributed by atoms with Crippen LogP contribution in [0.15, 0.2) is 29.2 Å². The molecule has 2 N–H and O–H groups in total. The topological polar surface area (TPSA) is 90.2 Å². The van der Waals surface area contributed by atoms with E-state index >= 15 is 0 Å². The van der Waals surface area contributed by atoms with Crippen molar-refractivity contribution in [1.29, 1.82) is 5.26 Å². The largest absolute Gasteiger partial charge is 0.392 e. The van der Waals surface area contributed by atoms with E-state index in [-0.39, 0.29) is 17.0 Å². The number of benzene rings is 1. The average Bonchev–Trinajstić information content (AvgIpc) is 2.37. The Kier molecular flexibility index (Phi) is 5.28. The predicted octanol–water partition coefficient (Wildman–Crippen LogP) is 0.998. The van der Waals surface area contributed by atoms with E-state index in [1.54, 1.807) is 0 Å². The molecular weight excluding hydrogens is 252 g/mol. The molecule has 1 aromatic carbocycles. The average molecular weight is 268 g/mol. The molecule has 0 fully saturated rings. The molecule has 0 heterocycles. The van der Waals surface area contributed by atoms with Crippen LogP contribution in [0.5, 0.6) is 0 Å². The van der Waals surface area contributed by atoms with Crippen molar-refractivity contribution in [1.82, 2.24) is 4.72 Å². The summed E-state index contributed by atoms with van der Waals surface area (Å²) < 4.78 is 26.1. The van der Waals surface area contributed by atoms with Crippen molar-refractivity contribution < 1.29 is 13.5 Å². The van der Waals surface area contributed by atoms with E-state index in [4.69, 9.17) is 5.26 Å². The van der Waals surface area contributed by atoms with Crippen molar-refractivity contribution in [3.05, 3.63) is 29.8 Å². The molecule has 18 heavy (non-hydrogen) atoms. The zero-order chi connectivity index (χ0) is 13.6. The SMILES string of the molecule is CCCC(O)CNS(=O)(=O)c1cccc(C#N)c1. The van der Waals surface area contributed by atoms with Gasteiger partial charge in [-0.3, -0.25) is 0 Å². The first-order valence-electron chi connectivity index (χ1n) is 5.67. The van der Waals surface area contributed by atoms with Crippen molar-refractivity contribution in [2.45, 2.75) is 30.8 Å². The van der Waals surface area contributed by atoms with Crippen LogP contribution in [0, 0.1) is 11.3 Å². The lowest BCUT2D eigenvalue weighted by molar-refractivity contribution is 0.167. The third-order valence-corrected chi connectivity index (χ3v) is 3.83. The second-order valence-electron chi connectivity index (χ2n) is 3.93. The van der Waals surface area contributed by atoms with E-state index in [0.29, 0.717) is 6.42 Å². The zero-order valence-electron chi connectivity index (χ0n) is 10.1. The van der Waals surface area contributed by atoms with Crippen LogP contribution in [0.25, 0.3) is 0 Å². The zero-order valence-corrected chi connectivity index (χ0v) is 10.9. The van der Waals surface area contributed by atoms with Crippen LogP contribution in [0.2, 0.25) is 0 Å². The van der Waals surface area contributed by atoms with Gasteiger partial charge in [0.05, 0.1) is 22.6 Å². The summed E-state index contributed by atoms with van der Waals surface area (Å²) in [7, 11) is -3.67. The third-order valence-electron chi connectivity index (χ3n) is 2.40. The van der Waals surface area contributed by atoms with Gasteiger partial charge in [-0.2, -0.15) is 5.26 Å². The molecule has 0 saturated carbocycles. The molecular formula is C12H16N2O3S. The highest BCUT2D eigenvalue weighted by Gasteiger charge is 2.15. The number of aliphatic hydroxyl groups is 1. The van der Waals surface area contributed by atoms with Crippen molar-refractivity contribution in [3.63, 3.8) is 0 Å². The molecule has 0 aliphatic heterocycles. The quantitative estimate of drug-likeness (QED) is 0.805. The Hall–Kier alpha value is -1.42. The van der Waals surface area contributed by atoms with Gasteiger partial charge in [0.25, 0.3) is 0 Å². The van der Waals surface area contributed by atoms with E-state index < -0.39 is 16.1 Å². The lowest BCUT2D eigenvalue weighted by Gasteiger charge is -2.11. The van der Waals surface area contributed by atoms with Crippen LogP contribution in [0.3, 0.4) is 0 Å². The highest BCUT2D eigenvalue weighted by Crippen LogP contribution is 2.10. The van der Waals surface area contributed by atoms with Gasteiger partial charge in [0.2, 0.25) is 10.0 Å². The maximum Gasteiger partial charge on any atom is 0.240 e. The number of nitriles is 1. The maximum atomic E-state index is 11.9. The fraction of sp³-hybridized carbons (Fsp3) is 0.417. The summed E-state index contributed by atoms with van der Waals surface area (Å²) in [5.74, 6) is 0. The standard InChI is InChI=1S/C12H16N2O3S/c1-2-4-11(15)9-14-18(16,17)12-6-3-5-10(7-12)8-13/h3,5-7,11,14-15H,2,4,9H2,1H3. The maximum absolute atomic E-state index is 11.9. The molecule has 0 bridgehead atoms. The summed E-state index contributed by atoms with van der Waals surface area (Å²) in [6, 6.07) is 7.64. The van der Waals surface area contributed by atoms with Crippen molar-refractivity contribution in [2.75, 3.05) is 6.54 Å². The number of hydrogen-bond donors (Lipinski definition) is 2. The van der Waals surface area contributed by atoms with Crippen LogP contribution >= 0.6 is 0 Å². The van der Waals surface area contributed by atoms with Gasteiger partial charge in [-0.1, -0.05) is 19.4 Å². The Morgan fingerprint density at radius 2 is 2.22 bits per heavy atom. The van der Waals surface area contributed by atoms with Gasteiger partial charge in [0.15, 0.2) is 0 Å². The molecule has 0 radical (unpaired) electrons. The minimum atomic E-state index is -3.67. The first-order chi connectivity index (χ1) is 8.49. The van der Waals surface area contributed by atoms with Crippen molar-refractivity contribution in [3.8, 4) is 6.07 Å². The Labute approximate surface area is 107 Å². The lowest BCUT2D eigenvalue weighted by atomic mass is 10.2. The van der Waals surface area contributed by atoms with Gasteiger partial charge in [-0.25, -0.2) is 13.1 Å². The molecule has 1 rings (SSSR count). The number of aliphatic hydroxyl groups excluding tert-OH is 1. The van der Waals surface area contributed by atoms with E-state index in [1.165, 1.54) is 24.3 Å². The molecule has 5 nitrogen and oxygen atoms in total. The summed E-state index contributed by atoms with van der Waals surface area (Å²) in [6.45, 7) is 1.89. The molecule has 1 atom stereocenters. The van der Waals surface area contributed by atoms with Gasteiger partial charge in [-0.15, -0.1) is 0 Å². The number of sulfonamides is 1. The first-order valence-corrected chi connectivity index (χ1v) is 7.16.